The van der Waals surface area contributed by atoms with Crippen LogP contribution >= 0.6 is 11.6 Å². The molecule has 0 saturated heterocycles. The van der Waals surface area contributed by atoms with Crippen LogP contribution in [0.15, 0.2) is 24.3 Å². The van der Waals surface area contributed by atoms with Gasteiger partial charge in [-0.15, -0.1) is 0 Å². The normalized spacial score (nSPS) is 13.3. The van der Waals surface area contributed by atoms with E-state index in [1.54, 1.807) is 24.3 Å². The van der Waals surface area contributed by atoms with Crippen molar-refractivity contribution in [1.82, 2.24) is 5.32 Å². The highest BCUT2D eigenvalue weighted by atomic mass is 35.5. The fourth-order valence-corrected chi connectivity index (χ4v) is 1.55. The number of aliphatic hydroxyl groups is 1. The Balaban J connectivity index is 2.36. The number of benzene rings is 1. The molecule has 20 heavy (non-hydrogen) atoms. The number of carbonyl (C=O) groups is 2. The van der Waals surface area contributed by atoms with E-state index >= 15 is 0 Å². The first kappa shape index (κ1) is 16.3. The first-order valence-electron chi connectivity index (χ1n) is 5.98. The first-order valence-corrected chi connectivity index (χ1v) is 6.36. The Morgan fingerprint density at radius 2 is 1.95 bits per heavy atom. The van der Waals surface area contributed by atoms with E-state index in [1.165, 1.54) is 6.92 Å². The van der Waals surface area contributed by atoms with Gasteiger partial charge in [-0.25, -0.2) is 4.79 Å². The molecule has 0 fully saturated rings. The summed E-state index contributed by atoms with van der Waals surface area (Å²) in [6.07, 6.45) is -1.19. The molecular weight excluding hydrogens is 286 g/mol. The predicted octanol–water partition coefficient (Wildman–Crippen LogP) is 1.06. The van der Waals surface area contributed by atoms with E-state index in [0.717, 1.165) is 0 Å². The molecule has 0 spiro atoms. The average Bonchev–Trinajstić information content (AvgIpc) is 2.37. The van der Waals surface area contributed by atoms with Crippen LogP contribution in [0.25, 0.3) is 0 Å². The van der Waals surface area contributed by atoms with Gasteiger partial charge in [0.2, 0.25) is 5.91 Å². The molecule has 110 valence electrons. The molecule has 6 nitrogen and oxygen atoms in total. The molecular formula is C13H16ClNO5. The molecule has 2 unspecified atom stereocenters. The van der Waals surface area contributed by atoms with Crippen LogP contribution in [-0.4, -0.2) is 40.8 Å². The van der Waals surface area contributed by atoms with Crippen molar-refractivity contribution < 1.29 is 24.5 Å². The van der Waals surface area contributed by atoms with Gasteiger partial charge in [-0.2, -0.15) is 0 Å². The minimum Gasteiger partial charge on any atom is -0.493 e. The number of amides is 1. The quantitative estimate of drug-likeness (QED) is 0.700. The van der Waals surface area contributed by atoms with Crippen LogP contribution in [0.1, 0.15) is 13.3 Å². The Labute approximate surface area is 121 Å². The van der Waals surface area contributed by atoms with Gasteiger partial charge in [0, 0.05) is 5.02 Å². The lowest BCUT2D eigenvalue weighted by molar-refractivity contribution is -0.144. The number of nitrogens with one attached hydrogen (secondary N) is 1. The van der Waals surface area contributed by atoms with Gasteiger partial charge < -0.3 is 20.3 Å². The summed E-state index contributed by atoms with van der Waals surface area (Å²) in [4.78, 5) is 22.3. The third kappa shape index (κ3) is 5.46. The van der Waals surface area contributed by atoms with E-state index < -0.39 is 24.0 Å². The number of halogens is 1. The van der Waals surface area contributed by atoms with E-state index in [4.69, 9.17) is 21.4 Å². The van der Waals surface area contributed by atoms with Crippen molar-refractivity contribution in [2.45, 2.75) is 25.5 Å². The number of hydrogen-bond acceptors (Lipinski definition) is 4. The summed E-state index contributed by atoms with van der Waals surface area (Å²) in [6, 6.07) is 5.32. The van der Waals surface area contributed by atoms with Gasteiger partial charge in [0.05, 0.1) is 19.1 Å². The van der Waals surface area contributed by atoms with Crippen molar-refractivity contribution >= 4 is 23.5 Å². The number of rotatable bonds is 7. The fourth-order valence-electron chi connectivity index (χ4n) is 1.43. The Bertz CT molecular complexity index is 460. The highest BCUT2D eigenvalue weighted by molar-refractivity contribution is 6.30. The zero-order valence-electron chi connectivity index (χ0n) is 10.9. The monoisotopic (exact) mass is 301 g/mol. The molecule has 1 amide bonds. The molecule has 2 atom stereocenters. The molecule has 0 heterocycles. The van der Waals surface area contributed by atoms with Crippen LogP contribution in [0.3, 0.4) is 0 Å². The topological polar surface area (TPSA) is 95.9 Å². The molecule has 0 aromatic heterocycles. The van der Waals surface area contributed by atoms with E-state index in [0.29, 0.717) is 10.8 Å². The highest BCUT2D eigenvalue weighted by Crippen LogP contribution is 2.15. The lowest BCUT2D eigenvalue weighted by atomic mass is 10.2. The van der Waals surface area contributed by atoms with Gasteiger partial charge in [-0.3, -0.25) is 4.79 Å². The largest absolute Gasteiger partial charge is 0.493 e. The van der Waals surface area contributed by atoms with Crippen molar-refractivity contribution in [3.05, 3.63) is 29.3 Å². The second-order valence-corrected chi connectivity index (χ2v) is 4.61. The zero-order valence-corrected chi connectivity index (χ0v) is 11.6. The van der Waals surface area contributed by atoms with Crippen LogP contribution in [0.5, 0.6) is 5.75 Å². The summed E-state index contributed by atoms with van der Waals surface area (Å²) >= 11 is 5.71. The van der Waals surface area contributed by atoms with Crippen LogP contribution in [0.4, 0.5) is 0 Å². The van der Waals surface area contributed by atoms with E-state index in [9.17, 15) is 14.7 Å². The summed E-state index contributed by atoms with van der Waals surface area (Å²) in [7, 11) is 0. The molecule has 0 saturated carbocycles. The molecule has 0 aliphatic heterocycles. The summed E-state index contributed by atoms with van der Waals surface area (Å²) in [5.74, 6) is -1.23. The Morgan fingerprint density at radius 1 is 1.35 bits per heavy atom. The maximum atomic E-state index is 11.5. The Morgan fingerprint density at radius 3 is 2.45 bits per heavy atom. The van der Waals surface area contributed by atoms with Gasteiger partial charge in [0.25, 0.3) is 0 Å². The molecule has 7 heteroatoms. The average molecular weight is 302 g/mol. The Hall–Kier alpha value is -1.79. The van der Waals surface area contributed by atoms with Crippen molar-refractivity contribution in [2.75, 3.05) is 6.61 Å². The summed E-state index contributed by atoms with van der Waals surface area (Å²) < 4.78 is 5.30. The van der Waals surface area contributed by atoms with E-state index in [-0.39, 0.29) is 13.0 Å². The Kier molecular flexibility index (Phi) is 6.27. The van der Waals surface area contributed by atoms with E-state index in [2.05, 4.69) is 5.32 Å². The summed E-state index contributed by atoms with van der Waals surface area (Å²) in [5.41, 5.74) is 0. The zero-order chi connectivity index (χ0) is 15.1. The summed E-state index contributed by atoms with van der Waals surface area (Å²) in [5, 5.41) is 20.8. The van der Waals surface area contributed by atoms with Crippen LogP contribution < -0.4 is 10.1 Å². The smallest absolute Gasteiger partial charge is 0.328 e. The van der Waals surface area contributed by atoms with Crippen molar-refractivity contribution in [3.63, 3.8) is 0 Å². The second kappa shape index (κ2) is 7.72. The standard InChI is InChI=1S/C13H16ClNO5/c1-8(16)12(13(18)19)15-11(17)6-7-20-10-4-2-9(14)3-5-10/h2-5,8,12,16H,6-7H2,1H3,(H,15,17)(H,18,19). The maximum absolute atomic E-state index is 11.5. The number of aliphatic hydroxyl groups excluding tert-OH is 1. The lowest BCUT2D eigenvalue weighted by Crippen LogP contribution is -2.47. The minimum atomic E-state index is -1.32. The second-order valence-electron chi connectivity index (χ2n) is 4.18. The number of carboxylic acid groups (broad SMARTS) is 1. The predicted molar refractivity (Wildman–Crippen MR) is 72.8 cm³/mol. The fraction of sp³-hybridized carbons (Fsp3) is 0.385. The summed E-state index contributed by atoms with van der Waals surface area (Å²) in [6.45, 7) is 1.39. The molecule has 3 N–H and O–H groups in total. The molecule has 0 aliphatic carbocycles. The van der Waals surface area contributed by atoms with Crippen LogP contribution in [0, 0.1) is 0 Å². The number of carboxylic acids is 1. The molecule has 1 rings (SSSR count). The number of carbonyl (C=O) groups excluding carboxylic acids is 1. The van der Waals surface area contributed by atoms with Gasteiger partial charge >= 0.3 is 5.97 Å². The lowest BCUT2D eigenvalue weighted by Gasteiger charge is -2.17. The van der Waals surface area contributed by atoms with Crippen molar-refractivity contribution in [1.29, 1.82) is 0 Å². The van der Waals surface area contributed by atoms with Crippen molar-refractivity contribution in [3.8, 4) is 5.75 Å². The molecule has 0 bridgehead atoms. The first-order chi connectivity index (χ1) is 9.40. The van der Waals surface area contributed by atoms with Gasteiger partial charge in [-0.1, -0.05) is 11.6 Å². The molecule has 1 aromatic carbocycles. The van der Waals surface area contributed by atoms with Crippen molar-refractivity contribution in [2.24, 2.45) is 0 Å². The SMILES string of the molecule is CC(O)C(NC(=O)CCOc1ccc(Cl)cc1)C(=O)O. The number of aliphatic carboxylic acids is 1. The molecule has 0 aliphatic rings. The van der Waals surface area contributed by atoms with Gasteiger partial charge in [-0.05, 0) is 31.2 Å². The third-order valence-electron chi connectivity index (χ3n) is 2.48. The van der Waals surface area contributed by atoms with Crippen LogP contribution in [0.2, 0.25) is 5.02 Å². The number of hydrogen-bond donors (Lipinski definition) is 3. The van der Waals surface area contributed by atoms with Gasteiger partial charge in [0.15, 0.2) is 6.04 Å². The van der Waals surface area contributed by atoms with Crippen LogP contribution in [-0.2, 0) is 9.59 Å². The van der Waals surface area contributed by atoms with Gasteiger partial charge in [0.1, 0.15) is 5.75 Å². The molecule has 1 aromatic rings. The molecule has 0 radical (unpaired) electrons. The van der Waals surface area contributed by atoms with E-state index in [1.807, 2.05) is 0 Å². The highest BCUT2D eigenvalue weighted by Gasteiger charge is 2.24. The maximum Gasteiger partial charge on any atom is 0.328 e. The minimum absolute atomic E-state index is 0.0148. The third-order valence-corrected chi connectivity index (χ3v) is 2.73. The number of ether oxygens (including phenoxy) is 1.